The third-order valence-electron chi connectivity index (χ3n) is 0.211. The van der Waals surface area contributed by atoms with Gasteiger partial charge < -0.3 is 0 Å². The molecule has 0 saturated carbocycles. The van der Waals surface area contributed by atoms with Crippen molar-refractivity contribution < 1.29 is 0 Å². The lowest BCUT2D eigenvalue weighted by Crippen LogP contribution is -1.96. The van der Waals surface area contributed by atoms with E-state index in [4.69, 9.17) is 7.12 Å². The molecular formula is C2H6BNS. The Balaban J connectivity index is 2.54. The zero-order chi connectivity index (χ0) is 4.28. The molecule has 0 aliphatic carbocycles. The quantitative estimate of drug-likeness (QED) is 0.333. The minimum Gasteiger partial charge on any atom is -0.267 e. The fourth-order valence-corrected chi connectivity index (χ4v) is 0. The fraction of sp³-hybridized carbons (Fsp3) is 1.00. The minimum atomic E-state index is 1.21. The molecule has 0 fully saturated rings. The van der Waals surface area contributed by atoms with E-state index in [0.717, 1.165) is 0 Å². The lowest BCUT2D eigenvalue weighted by molar-refractivity contribution is 0.711. The summed E-state index contributed by atoms with van der Waals surface area (Å²) in [5.41, 5.74) is 0. The first kappa shape index (κ1) is 5.37. The summed E-state index contributed by atoms with van der Waals surface area (Å²) in [6, 6.07) is 0. The van der Waals surface area contributed by atoms with Crippen LogP contribution in [0.25, 0.3) is 0 Å². The third-order valence-corrected chi connectivity index (χ3v) is 0.632. The van der Waals surface area contributed by atoms with Crippen LogP contribution in [0.1, 0.15) is 0 Å². The van der Waals surface area contributed by atoms with E-state index in [2.05, 4.69) is 0 Å². The van der Waals surface area contributed by atoms with Crippen molar-refractivity contribution in [1.29, 1.82) is 0 Å². The second-order valence-corrected chi connectivity index (χ2v) is 1.86. The molecule has 3 heteroatoms. The molecular weight excluding hydrogens is 80.9 g/mol. The third kappa shape index (κ3) is 4.37. The van der Waals surface area contributed by atoms with E-state index < -0.39 is 0 Å². The molecule has 5 heavy (non-hydrogen) atoms. The van der Waals surface area contributed by atoms with Gasteiger partial charge in [-0.25, -0.2) is 0 Å². The summed E-state index contributed by atoms with van der Waals surface area (Å²) >= 11 is 1.21. The lowest BCUT2D eigenvalue weighted by Gasteiger charge is -1.99. The summed E-state index contributed by atoms with van der Waals surface area (Å²) in [6.07, 6.45) is 0. The van der Waals surface area contributed by atoms with E-state index in [1.807, 2.05) is 18.4 Å². The molecule has 28 valence electrons. The van der Waals surface area contributed by atoms with E-state index in [1.165, 1.54) is 11.8 Å². The van der Waals surface area contributed by atoms with Crippen molar-refractivity contribution >= 4 is 18.9 Å². The van der Waals surface area contributed by atoms with Gasteiger partial charge in [0, 0.05) is 0 Å². The van der Waals surface area contributed by atoms with E-state index in [0.29, 0.717) is 0 Å². The van der Waals surface area contributed by atoms with Gasteiger partial charge in [0.15, 0.2) is 7.12 Å². The van der Waals surface area contributed by atoms with Crippen LogP contribution in [0.5, 0.6) is 0 Å². The molecule has 0 aliphatic rings. The molecule has 0 spiro atoms. The van der Waals surface area contributed by atoms with Crippen LogP contribution in [0.15, 0.2) is 0 Å². The standard InChI is InChI=1S/C2H6BNS/c1-4(2)5-3/h1-2H3. The molecule has 1 nitrogen and oxygen atoms in total. The molecule has 0 aliphatic heterocycles. The van der Waals surface area contributed by atoms with E-state index in [9.17, 15) is 0 Å². The highest BCUT2D eigenvalue weighted by Crippen LogP contribution is 1.89. The molecule has 0 unspecified atom stereocenters. The molecule has 0 atom stereocenters. The van der Waals surface area contributed by atoms with E-state index in [-0.39, 0.29) is 0 Å². The number of hydrogen-bond acceptors (Lipinski definition) is 2. The largest absolute Gasteiger partial charge is 0.267 e. The summed E-state index contributed by atoms with van der Waals surface area (Å²) in [4.78, 5) is 0. The molecule has 0 saturated heterocycles. The highest BCUT2D eigenvalue weighted by Gasteiger charge is 1.72. The molecule has 0 N–H and O–H groups in total. The Morgan fingerprint density at radius 3 is 1.80 bits per heavy atom. The van der Waals surface area contributed by atoms with Crippen LogP contribution in [0.2, 0.25) is 0 Å². The topological polar surface area (TPSA) is 3.24 Å². The molecule has 0 aromatic heterocycles. The molecule has 0 rings (SSSR count). The van der Waals surface area contributed by atoms with Gasteiger partial charge in [-0.2, -0.15) is 11.8 Å². The average molecular weight is 87.0 g/mol. The highest BCUT2D eigenvalue weighted by atomic mass is 32.2. The van der Waals surface area contributed by atoms with Gasteiger partial charge in [0.05, 0.1) is 0 Å². The first-order chi connectivity index (χ1) is 2.27. The maximum Gasteiger partial charge on any atom is 0.184 e. The number of hydrogen-bond donors (Lipinski definition) is 0. The summed E-state index contributed by atoms with van der Waals surface area (Å²) in [5, 5.41) is 0. The Morgan fingerprint density at radius 2 is 1.80 bits per heavy atom. The Kier molecular flexibility index (Phi) is 2.80. The smallest absolute Gasteiger partial charge is 0.184 e. The van der Waals surface area contributed by atoms with Crippen LogP contribution in [-0.2, 0) is 0 Å². The summed E-state index contributed by atoms with van der Waals surface area (Å²) in [6.45, 7) is 0. The minimum absolute atomic E-state index is 1.21. The summed E-state index contributed by atoms with van der Waals surface area (Å²) < 4.78 is 1.82. The molecule has 0 amide bonds. The van der Waals surface area contributed by atoms with Gasteiger partial charge in [-0.05, 0) is 14.1 Å². The second-order valence-electron chi connectivity index (χ2n) is 0.918. The Hall–Kier alpha value is 0.375. The lowest BCUT2D eigenvalue weighted by atomic mass is 10.8. The van der Waals surface area contributed by atoms with Crippen molar-refractivity contribution in [3.8, 4) is 0 Å². The maximum atomic E-state index is 5.01. The van der Waals surface area contributed by atoms with Gasteiger partial charge in [-0.1, -0.05) is 0 Å². The molecule has 0 heterocycles. The number of nitrogens with zero attached hydrogens (tertiary/aromatic N) is 1. The average Bonchev–Trinajstić information content (AvgIpc) is 1.38. The van der Waals surface area contributed by atoms with Gasteiger partial charge in [-0.15, -0.1) is 0 Å². The van der Waals surface area contributed by atoms with Crippen molar-refractivity contribution in [2.24, 2.45) is 0 Å². The van der Waals surface area contributed by atoms with Crippen LogP contribution in [0.3, 0.4) is 0 Å². The van der Waals surface area contributed by atoms with Crippen molar-refractivity contribution in [2.75, 3.05) is 14.1 Å². The van der Waals surface area contributed by atoms with Crippen LogP contribution in [0, 0.1) is 0 Å². The predicted octanol–water partition coefficient (Wildman–Crippen LogP) is 0.280. The number of rotatable bonds is 1. The van der Waals surface area contributed by atoms with Crippen molar-refractivity contribution in [3.63, 3.8) is 0 Å². The SMILES string of the molecule is [B]SN(C)C. The zero-order valence-electron chi connectivity index (χ0n) is 3.43. The Morgan fingerprint density at radius 1 is 1.60 bits per heavy atom. The predicted molar refractivity (Wildman–Crippen MR) is 27.0 cm³/mol. The van der Waals surface area contributed by atoms with Crippen LogP contribution in [-0.4, -0.2) is 25.5 Å². The van der Waals surface area contributed by atoms with E-state index >= 15 is 0 Å². The Bertz CT molecular complexity index is 23.6. The van der Waals surface area contributed by atoms with Crippen molar-refractivity contribution in [1.82, 2.24) is 4.31 Å². The molecule has 2 radical (unpaired) electrons. The van der Waals surface area contributed by atoms with Gasteiger partial charge >= 0.3 is 0 Å². The molecule has 0 aromatic rings. The first-order valence-electron chi connectivity index (χ1n) is 1.31. The monoisotopic (exact) mass is 87.0 g/mol. The van der Waals surface area contributed by atoms with Gasteiger partial charge in [0.25, 0.3) is 0 Å². The van der Waals surface area contributed by atoms with Gasteiger partial charge in [0.1, 0.15) is 0 Å². The van der Waals surface area contributed by atoms with E-state index in [1.54, 1.807) is 0 Å². The van der Waals surface area contributed by atoms with Crippen LogP contribution in [0.4, 0.5) is 0 Å². The van der Waals surface area contributed by atoms with Crippen molar-refractivity contribution in [2.45, 2.75) is 0 Å². The second kappa shape index (κ2) is 2.60. The molecule has 0 bridgehead atoms. The Labute approximate surface area is 38.2 Å². The summed E-state index contributed by atoms with van der Waals surface area (Å²) in [5.74, 6) is 0. The van der Waals surface area contributed by atoms with Gasteiger partial charge in [0.2, 0.25) is 0 Å². The van der Waals surface area contributed by atoms with Crippen LogP contribution < -0.4 is 0 Å². The highest BCUT2D eigenvalue weighted by molar-refractivity contribution is 8.17. The van der Waals surface area contributed by atoms with Crippen LogP contribution >= 0.6 is 11.8 Å². The van der Waals surface area contributed by atoms with Gasteiger partial charge in [-0.3, -0.25) is 4.31 Å². The first-order valence-corrected chi connectivity index (χ1v) is 2.15. The zero-order valence-corrected chi connectivity index (χ0v) is 4.25. The fourth-order valence-electron chi connectivity index (χ4n) is 0. The molecule has 0 aromatic carbocycles. The van der Waals surface area contributed by atoms with Crippen molar-refractivity contribution in [3.05, 3.63) is 0 Å². The normalized spacial score (nSPS) is 9.40. The maximum absolute atomic E-state index is 5.01. The summed E-state index contributed by atoms with van der Waals surface area (Å²) in [7, 11) is 8.80.